The summed E-state index contributed by atoms with van der Waals surface area (Å²) in [5.74, 6) is 2.60. The van der Waals surface area contributed by atoms with E-state index in [0.717, 1.165) is 48.7 Å². The van der Waals surface area contributed by atoms with Crippen molar-refractivity contribution in [2.75, 3.05) is 30.0 Å². The number of rotatable bonds is 9. The molecule has 2 N–H and O–H groups in total. The van der Waals surface area contributed by atoms with E-state index in [2.05, 4.69) is 34.3 Å². The molecule has 1 rings (SSSR count). The lowest BCUT2D eigenvalue weighted by atomic mass is 10.2. The minimum absolute atomic E-state index is 0.270. The van der Waals surface area contributed by atoms with Gasteiger partial charge in [-0.25, -0.2) is 4.98 Å². The van der Waals surface area contributed by atoms with Crippen LogP contribution in [0.5, 0.6) is 0 Å². The van der Waals surface area contributed by atoms with Gasteiger partial charge < -0.3 is 10.4 Å². The van der Waals surface area contributed by atoms with Gasteiger partial charge in [-0.2, -0.15) is 16.9 Å². The molecule has 6 heteroatoms. The highest BCUT2D eigenvalue weighted by Crippen LogP contribution is 2.07. The highest BCUT2D eigenvalue weighted by Gasteiger charge is 2.05. The van der Waals surface area contributed by atoms with Crippen LogP contribution in [0.25, 0.3) is 0 Å². The van der Waals surface area contributed by atoms with Gasteiger partial charge in [-0.1, -0.05) is 13.8 Å². The van der Waals surface area contributed by atoms with Crippen molar-refractivity contribution >= 4 is 17.7 Å². The minimum Gasteiger partial charge on any atom is -0.396 e. The third kappa shape index (κ3) is 5.18. The van der Waals surface area contributed by atoms with Crippen LogP contribution in [-0.2, 0) is 12.8 Å². The molecule has 1 aromatic heterocycles. The maximum Gasteiger partial charge on any atom is 0.243 e. The van der Waals surface area contributed by atoms with Gasteiger partial charge in [0.1, 0.15) is 0 Å². The Hall–Kier alpha value is -0.880. The second-order valence-electron chi connectivity index (χ2n) is 3.85. The Morgan fingerprint density at radius 1 is 1.11 bits per heavy atom. The highest BCUT2D eigenvalue weighted by atomic mass is 32.2. The fourth-order valence-corrected chi connectivity index (χ4v) is 2.30. The number of aliphatic hydroxyl groups is 1. The number of nitrogens with one attached hydrogen (secondary N) is 1. The van der Waals surface area contributed by atoms with Gasteiger partial charge in [0.05, 0.1) is 11.4 Å². The Morgan fingerprint density at radius 2 is 1.89 bits per heavy atom. The van der Waals surface area contributed by atoms with E-state index in [0.29, 0.717) is 5.95 Å². The lowest BCUT2D eigenvalue weighted by Gasteiger charge is -2.07. The van der Waals surface area contributed by atoms with Crippen molar-refractivity contribution in [3.8, 4) is 0 Å². The zero-order valence-corrected chi connectivity index (χ0v) is 12.0. The van der Waals surface area contributed by atoms with Crippen LogP contribution in [0.1, 0.15) is 31.7 Å². The Labute approximate surface area is 113 Å². The number of aliphatic hydroxyl groups excluding tert-OH is 1. The molecule has 0 aliphatic carbocycles. The summed E-state index contributed by atoms with van der Waals surface area (Å²) in [5, 5.41) is 20.1. The van der Waals surface area contributed by atoms with Crippen LogP contribution in [-0.4, -0.2) is 44.9 Å². The number of hydrogen-bond acceptors (Lipinski definition) is 6. The quantitative estimate of drug-likeness (QED) is 0.663. The molecule has 0 aliphatic heterocycles. The van der Waals surface area contributed by atoms with Gasteiger partial charge in [0.2, 0.25) is 5.95 Å². The van der Waals surface area contributed by atoms with Gasteiger partial charge in [0, 0.05) is 18.9 Å². The zero-order chi connectivity index (χ0) is 13.2. The van der Waals surface area contributed by atoms with Crippen molar-refractivity contribution in [3.05, 3.63) is 11.4 Å². The maximum atomic E-state index is 8.65. The minimum atomic E-state index is 0.270. The van der Waals surface area contributed by atoms with Gasteiger partial charge in [-0.3, -0.25) is 0 Å². The molecule has 0 aromatic carbocycles. The van der Waals surface area contributed by atoms with E-state index in [9.17, 15) is 0 Å². The summed E-state index contributed by atoms with van der Waals surface area (Å²) in [4.78, 5) is 4.46. The number of thioether (sulfide) groups is 1. The van der Waals surface area contributed by atoms with E-state index in [1.165, 1.54) is 0 Å². The molecule has 0 spiro atoms. The average molecular weight is 270 g/mol. The number of nitrogens with zero attached hydrogens (tertiary/aromatic N) is 3. The Kier molecular flexibility index (Phi) is 7.68. The average Bonchev–Trinajstić information content (AvgIpc) is 2.42. The lowest BCUT2D eigenvalue weighted by molar-refractivity contribution is 0.296. The molecule has 18 heavy (non-hydrogen) atoms. The van der Waals surface area contributed by atoms with E-state index in [4.69, 9.17) is 5.11 Å². The Balaban J connectivity index is 2.34. The summed E-state index contributed by atoms with van der Waals surface area (Å²) >= 11 is 1.82. The van der Waals surface area contributed by atoms with Crippen LogP contribution in [0.2, 0.25) is 0 Å². The smallest absolute Gasteiger partial charge is 0.243 e. The first-order chi connectivity index (χ1) is 8.81. The first kappa shape index (κ1) is 15.2. The van der Waals surface area contributed by atoms with Crippen LogP contribution >= 0.6 is 11.8 Å². The molecular weight excluding hydrogens is 248 g/mol. The van der Waals surface area contributed by atoms with Gasteiger partial charge in [0.25, 0.3) is 0 Å². The molecule has 0 atom stereocenters. The van der Waals surface area contributed by atoms with E-state index in [1.807, 2.05) is 11.8 Å². The van der Waals surface area contributed by atoms with Crippen LogP contribution in [0.4, 0.5) is 5.95 Å². The van der Waals surface area contributed by atoms with Crippen molar-refractivity contribution < 1.29 is 5.11 Å². The van der Waals surface area contributed by atoms with Gasteiger partial charge in [0.15, 0.2) is 0 Å². The monoisotopic (exact) mass is 270 g/mol. The number of aromatic nitrogens is 3. The second-order valence-corrected chi connectivity index (χ2v) is 5.08. The summed E-state index contributed by atoms with van der Waals surface area (Å²) in [6.45, 7) is 5.24. The first-order valence-corrected chi connectivity index (χ1v) is 7.62. The normalized spacial score (nSPS) is 10.6. The fraction of sp³-hybridized carbons (Fsp3) is 0.750. The SMILES string of the molecule is CCc1nnc(NCCSCCCO)nc1CC. The van der Waals surface area contributed by atoms with E-state index in [-0.39, 0.29) is 6.61 Å². The largest absolute Gasteiger partial charge is 0.396 e. The van der Waals surface area contributed by atoms with Crippen LogP contribution in [0.3, 0.4) is 0 Å². The molecule has 0 unspecified atom stereocenters. The molecule has 0 saturated carbocycles. The zero-order valence-electron chi connectivity index (χ0n) is 11.1. The molecule has 0 fully saturated rings. The third-order valence-electron chi connectivity index (χ3n) is 2.49. The van der Waals surface area contributed by atoms with Crippen LogP contribution < -0.4 is 5.32 Å². The molecule has 1 aromatic rings. The summed E-state index contributed by atoms with van der Waals surface area (Å²) in [7, 11) is 0. The third-order valence-corrected chi connectivity index (χ3v) is 3.56. The van der Waals surface area contributed by atoms with E-state index >= 15 is 0 Å². The summed E-state index contributed by atoms with van der Waals surface area (Å²) < 4.78 is 0. The van der Waals surface area contributed by atoms with E-state index < -0.39 is 0 Å². The molecule has 5 nitrogen and oxygen atoms in total. The lowest BCUT2D eigenvalue weighted by Crippen LogP contribution is -2.12. The maximum absolute atomic E-state index is 8.65. The molecule has 0 bridgehead atoms. The molecule has 0 radical (unpaired) electrons. The Morgan fingerprint density at radius 3 is 2.56 bits per heavy atom. The topological polar surface area (TPSA) is 70.9 Å². The summed E-state index contributed by atoms with van der Waals surface area (Å²) in [6.07, 6.45) is 2.62. The molecule has 0 saturated heterocycles. The van der Waals surface area contributed by atoms with Gasteiger partial charge in [-0.05, 0) is 25.0 Å². The van der Waals surface area contributed by atoms with Crippen molar-refractivity contribution in [1.82, 2.24) is 15.2 Å². The number of hydrogen-bond donors (Lipinski definition) is 2. The van der Waals surface area contributed by atoms with Crippen molar-refractivity contribution in [3.63, 3.8) is 0 Å². The highest BCUT2D eigenvalue weighted by molar-refractivity contribution is 7.99. The predicted octanol–water partition coefficient (Wildman–Crippen LogP) is 1.52. The molecular formula is C12H22N4OS. The fourth-order valence-electron chi connectivity index (χ4n) is 1.52. The molecule has 0 amide bonds. The first-order valence-electron chi connectivity index (χ1n) is 6.46. The predicted molar refractivity (Wildman–Crippen MR) is 76.1 cm³/mol. The molecule has 0 aliphatic rings. The van der Waals surface area contributed by atoms with Crippen molar-refractivity contribution in [2.24, 2.45) is 0 Å². The van der Waals surface area contributed by atoms with Gasteiger partial charge in [-0.15, -0.1) is 5.10 Å². The second kappa shape index (κ2) is 9.10. The number of anilines is 1. The van der Waals surface area contributed by atoms with E-state index in [1.54, 1.807) is 0 Å². The number of aryl methyl sites for hydroxylation is 2. The molecule has 1 heterocycles. The Bertz CT molecular complexity index is 349. The van der Waals surface area contributed by atoms with Crippen LogP contribution in [0, 0.1) is 0 Å². The molecule has 102 valence electrons. The van der Waals surface area contributed by atoms with Gasteiger partial charge >= 0.3 is 0 Å². The standard InChI is InChI=1S/C12H22N4OS/c1-3-10-11(4-2)15-16-12(14-10)13-6-9-18-8-5-7-17/h17H,3-9H2,1-2H3,(H,13,14,16). The van der Waals surface area contributed by atoms with Crippen molar-refractivity contribution in [2.45, 2.75) is 33.1 Å². The summed E-state index contributed by atoms with van der Waals surface area (Å²) in [6, 6.07) is 0. The summed E-state index contributed by atoms with van der Waals surface area (Å²) in [5.41, 5.74) is 2.02. The van der Waals surface area contributed by atoms with Crippen LogP contribution in [0.15, 0.2) is 0 Å². The van der Waals surface area contributed by atoms with Crippen molar-refractivity contribution in [1.29, 1.82) is 0 Å².